The van der Waals surface area contributed by atoms with E-state index >= 15 is 0 Å². The van der Waals surface area contributed by atoms with Crippen molar-refractivity contribution in [2.45, 2.75) is 46.3 Å². The topological polar surface area (TPSA) is 77.2 Å². The maximum atomic E-state index is 12.3. The van der Waals surface area contributed by atoms with E-state index in [1.807, 2.05) is 26.2 Å². The predicted octanol–water partition coefficient (Wildman–Crippen LogP) is 2.23. The largest absolute Gasteiger partial charge is 0.375 e. The van der Waals surface area contributed by atoms with Gasteiger partial charge in [0.15, 0.2) is 0 Å². The van der Waals surface area contributed by atoms with E-state index in [0.29, 0.717) is 13.1 Å². The maximum Gasteiger partial charge on any atom is 0.227 e. The minimum Gasteiger partial charge on any atom is -0.375 e. The summed E-state index contributed by atoms with van der Waals surface area (Å²) in [6, 6.07) is 0. The Balaban J connectivity index is 2.63. The van der Waals surface area contributed by atoms with Crippen LogP contribution >= 0.6 is 11.3 Å². The van der Waals surface area contributed by atoms with Gasteiger partial charge >= 0.3 is 0 Å². The average Bonchev–Trinajstić information content (AvgIpc) is 2.95. The van der Waals surface area contributed by atoms with E-state index in [0.717, 1.165) is 23.5 Å². The zero-order chi connectivity index (χ0) is 15.2. The smallest absolute Gasteiger partial charge is 0.227 e. The first kappa shape index (κ1) is 17.1. The average molecular weight is 299 g/mol. The fraction of sp³-hybridized carbons (Fsp3) is 0.714. The van der Waals surface area contributed by atoms with Crippen LogP contribution in [0, 0.1) is 5.41 Å². The van der Waals surface area contributed by atoms with Gasteiger partial charge in [0.2, 0.25) is 5.91 Å². The monoisotopic (exact) mass is 299 g/mol. The second-order valence-electron chi connectivity index (χ2n) is 4.93. The van der Waals surface area contributed by atoms with Gasteiger partial charge in [0.05, 0.1) is 17.7 Å². The number of amides is 1. The van der Waals surface area contributed by atoms with Crippen molar-refractivity contribution in [1.29, 1.82) is 0 Å². The van der Waals surface area contributed by atoms with Crippen molar-refractivity contribution in [2.75, 3.05) is 13.7 Å². The molecule has 0 aliphatic carbocycles. The molecular weight excluding hydrogens is 274 g/mol. The number of ether oxygens (including phenoxy) is 1. The SMILES string of the molecule is CCC(CC)(CN)C(=O)NCc1csc(C(C)OC)n1. The van der Waals surface area contributed by atoms with Crippen LogP contribution in [0.4, 0.5) is 0 Å². The second-order valence-corrected chi connectivity index (χ2v) is 5.82. The van der Waals surface area contributed by atoms with E-state index in [-0.39, 0.29) is 12.0 Å². The number of thiazole rings is 1. The summed E-state index contributed by atoms with van der Waals surface area (Å²) in [5, 5.41) is 5.82. The van der Waals surface area contributed by atoms with Crippen LogP contribution in [0.1, 0.15) is 50.4 Å². The molecule has 0 aromatic carbocycles. The van der Waals surface area contributed by atoms with Crippen LogP contribution in [0.5, 0.6) is 0 Å². The van der Waals surface area contributed by atoms with Crippen molar-refractivity contribution < 1.29 is 9.53 Å². The molecule has 0 saturated heterocycles. The van der Waals surface area contributed by atoms with Gasteiger partial charge in [-0.3, -0.25) is 4.79 Å². The molecule has 1 aromatic rings. The molecule has 1 unspecified atom stereocenters. The first-order valence-electron chi connectivity index (χ1n) is 6.98. The highest BCUT2D eigenvalue weighted by Crippen LogP contribution is 2.25. The Morgan fingerprint density at radius 1 is 1.55 bits per heavy atom. The lowest BCUT2D eigenvalue weighted by Gasteiger charge is -2.28. The van der Waals surface area contributed by atoms with E-state index in [2.05, 4.69) is 10.3 Å². The molecule has 0 fully saturated rings. The molecule has 0 saturated carbocycles. The Kier molecular flexibility index (Phi) is 6.58. The number of nitrogens with two attached hydrogens (primary N) is 1. The van der Waals surface area contributed by atoms with E-state index in [1.165, 1.54) is 0 Å². The van der Waals surface area contributed by atoms with Gasteiger partial charge in [-0.1, -0.05) is 13.8 Å². The first-order chi connectivity index (χ1) is 9.52. The number of hydrogen-bond donors (Lipinski definition) is 2. The Morgan fingerprint density at radius 2 is 2.20 bits per heavy atom. The van der Waals surface area contributed by atoms with Crippen molar-refractivity contribution >= 4 is 17.2 Å². The summed E-state index contributed by atoms with van der Waals surface area (Å²) in [5.41, 5.74) is 6.17. The Hall–Kier alpha value is -0.980. The Bertz CT molecular complexity index is 422. The van der Waals surface area contributed by atoms with Gasteiger partial charge in [-0.25, -0.2) is 4.98 Å². The maximum absolute atomic E-state index is 12.3. The quantitative estimate of drug-likeness (QED) is 0.771. The number of carbonyl (C=O) groups excluding carboxylic acids is 1. The Labute approximate surface area is 124 Å². The fourth-order valence-electron chi connectivity index (χ4n) is 2.00. The summed E-state index contributed by atoms with van der Waals surface area (Å²) in [4.78, 5) is 16.7. The number of hydrogen-bond acceptors (Lipinski definition) is 5. The summed E-state index contributed by atoms with van der Waals surface area (Å²) in [6.45, 7) is 6.76. The van der Waals surface area contributed by atoms with Gasteiger partial charge in [-0.05, 0) is 19.8 Å². The number of nitrogens with one attached hydrogen (secondary N) is 1. The molecule has 0 radical (unpaired) electrons. The number of methoxy groups -OCH3 is 1. The summed E-state index contributed by atoms with van der Waals surface area (Å²) < 4.78 is 5.23. The standard InChI is InChI=1S/C14H25N3O2S/c1-5-14(6-2,9-15)13(18)16-7-11-8-20-12(17-11)10(3)19-4/h8,10H,5-7,9,15H2,1-4H3,(H,16,18). The lowest BCUT2D eigenvalue weighted by atomic mass is 9.81. The van der Waals surface area contributed by atoms with E-state index in [9.17, 15) is 4.79 Å². The number of nitrogens with zero attached hydrogens (tertiary/aromatic N) is 1. The third-order valence-corrected chi connectivity index (χ3v) is 4.98. The molecule has 114 valence electrons. The van der Waals surface area contributed by atoms with Crippen molar-refractivity contribution in [3.8, 4) is 0 Å². The fourth-order valence-corrected chi connectivity index (χ4v) is 2.85. The number of rotatable bonds is 8. The molecule has 0 bridgehead atoms. The van der Waals surface area contributed by atoms with Gasteiger partial charge in [-0.15, -0.1) is 11.3 Å². The highest BCUT2D eigenvalue weighted by Gasteiger charge is 2.33. The first-order valence-corrected chi connectivity index (χ1v) is 7.86. The number of aromatic nitrogens is 1. The zero-order valence-corrected chi connectivity index (χ0v) is 13.5. The second kappa shape index (κ2) is 7.71. The predicted molar refractivity (Wildman–Crippen MR) is 81.5 cm³/mol. The van der Waals surface area contributed by atoms with Gasteiger partial charge in [0, 0.05) is 19.0 Å². The van der Waals surface area contributed by atoms with E-state index < -0.39 is 5.41 Å². The lowest BCUT2D eigenvalue weighted by molar-refractivity contribution is -0.131. The van der Waals surface area contributed by atoms with Crippen LogP contribution in [0.2, 0.25) is 0 Å². The van der Waals surface area contributed by atoms with Gasteiger partial charge in [0.1, 0.15) is 11.1 Å². The molecule has 1 aromatic heterocycles. The van der Waals surface area contributed by atoms with Crippen molar-refractivity contribution in [3.05, 3.63) is 16.1 Å². The molecule has 1 rings (SSSR count). The highest BCUT2D eigenvalue weighted by molar-refractivity contribution is 7.09. The van der Waals surface area contributed by atoms with Gasteiger partial charge < -0.3 is 15.8 Å². The minimum absolute atomic E-state index is 0.0133. The van der Waals surface area contributed by atoms with Crippen molar-refractivity contribution in [2.24, 2.45) is 11.1 Å². The van der Waals surface area contributed by atoms with Crippen molar-refractivity contribution in [3.63, 3.8) is 0 Å². The van der Waals surface area contributed by atoms with E-state index in [4.69, 9.17) is 10.5 Å². The van der Waals surface area contributed by atoms with Crippen LogP contribution in [-0.4, -0.2) is 24.5 Å². The molecule has 1 amide bonds. The molecule has 3 N–H and O–H groups in total. The molecule has 1 atom stereocenters. The zero-order valence-electron chi connectivity index (χ0n) is 12.7. The molecule has 20 heavy (non-hydrogen) atoms. The molecule has 1 heterocycles. The molecular formula is C14H25N3O2S. The summed E-state index contributed by atoms with van der Waals surface area (Å²) in [5.74, 6) is 0.0133. The third kappa shape index (κ3) is 3.77. The van der Waals surface area contributed by atoms with Crippen molar-refractivity contribution in [1.82, 2.24) is 10.3 Å². The van der Waals surface area contributed by atoms with Crippen LogP contribution in [0.3, 0.4) is 0 Å². The molecule has 0 aliphatic heterocycles. The van der Waals surface area contributed by atoms with E-state index in [1.54, 1.807) is 18.4 Å². The molecule has 6 heteroatoms. The van der Waals surface area contributed by atoms with Crippen LogP contribution in [0.25, 0.3) is 0 Å². The molecule has 0 spiro atoms. The number of carbonyl (C=O) groups is 1. The highest BCUT2D eigenvalue weighted by atomic mass is 32.1. The van der Waals surface area contributed by atoms with Gasteiger partial charge in [-0.2, -0.15) is 0 Å². The van der Waals surface area contributed by atoms with Crippen LogP contribution < -0.4 is 11.1 Å². The molecule has 0 aliphatic rings. The minimum atomic E-state index is -0.460. The normalized spacial score (nSPS) is 13.2. The lowest BCUT2D eigenvalue weighted by Crippen LogP contribution is -2.45. The third-order valence-electron chi connectivity index (χ3n) is 3.93. The summed E-state index contributed by atoms with van der Waals surface area (Å²) in [7, 11) is 1.66. The summed E-state index contributed by atoms with van der Waals surface area (Å²) in [6.07, 6.45) is 1.47. The van der Waals surface area contributed by atoms with Gasteiger partial charge in [0.25, 0.3) is 0 Å². The molecule has 5 nitrogen and oxygen atoms in total. The van der Waals surface area contributed by atoms with Crippen LogP contribution in [-0.2, 0) is 16.1 Å². The van der Waals surface area contributed by atoms with Crippen LogP contribution in [0.15, 0.2) is 5.38 Å². The summed E-state index contributed by atoms with van der Waals surface area (Å²) >= 11 is 1.55. The Morgan fingerprint density at radius 3 is 2.70 bits per heavy atom.